The molecule has 0 saturated heterocycles. The summed E-state index contributed by atoms with van der Waals surface area (Å²) in [5, 5.41) is 6.80. The zero-order chi connectivity index (χ0) is 18.7. The Labute approximate surface area is 157 Å². The number of likely N-dealkylation sites (N-methyl/N-ethyl adjacent to an activating group) is 1. The summed E-state index contributed by atoms with van der Waals surface area (Å²) in [6, 6.07) is 17.0. The van der Waals surface area contributed by atoms with Crippen LogP contribution in [0.1, 0.15) is 18.5 Å². The normalized spacial score (nSPS) is 13.0. The molecular formula is C19H20N2O3S2. The van der Waals surface area contributed by atoms with Crippen LogP contribution in [0.15, 0.2) is 64.2 Å². The molecule has 136 valence electrons. The van der Waals surface area contributed by atoms with E-state index in [-0.39, 0.29) is 22.7 Å². The van der Waals surface area contributed by atoms with Crippen molar-refractivity contribution in [2.75, 3.05) is 13.6 Å². The van der Waals surface area contributed by atoms with Gasteiger partial charge in [-0.1, -0.05) is 42.5 Å². The largest absolute Gasteiger partial charge is 0.348 e. The second-order valence-corrected chi connectivity index (χ2v) is 9.31. The molecule has 0 unspecified atom stereocenters. The maximum atomic E-state index is 12.4. The number of sulfonamides is 1. The third-order valence-corrected chi connectivity index (χ3v) is 7.35. The quantitative estimate of drug-likeness (QED) is 0.704. The molecule has 1 aromatic heterocycles. The maximum absolute atomic E-state index is 12.4. The van der Waals surface area contributed by atoms with Crippen molar-refractivity contribution in [3.8, 4) is 0 Å². The minimum Gasteiger partial charge on any atom is -0.348 e. The molecule has 1 atom stereocenters. The Kier molecular flexibility index (Phi) is 5.41. The summed E-state index contributed by atoms with van der Waals surface area (Å²) in [5.41, 5.74) is 0.973. The van der Waals surface area contributed by atoms with Gasteiger partial charge in [-0.05, 0) is 40.8 Å². The SMILES string of the molecule is C[C@H](NC(=O)CN(C)S(=O)(=O)c1cccs1)c1ccc2ccccc2c1. The molecular weight excluding hydrogens is 368 g/mol. The third kappa shape index (κ3) is 3.95. The number of hydrogen-bond donors (Lipinski definition) is 1. The number of rotatable bonds is 6. The monoisotopic (exact) mass is 388 g/mol. The van der Waals surface area contributed by atoms with Gasteiger partial charge in [-0.15, -0.1) is 11.3 Å². The number of carbonyl (C=O) groups is 1. The molecule has 0 saturated carbocycles. The average molecular weight is 389 g/mol. The van der Waals surface area contributed by atoms with E-state index in [1.165, 1.54) is 13.1 Å². The number of thiophene rings is 1. The molecule has 2 aromatic carbocycles. The first-order valence-electron chi connectivity index (χ1n) is 8.16. The van der Waals surface area contributed by atoms with Crippen molar-refractivity contribution in [3.05, 3.63) is 65.5 Å². The molecule has 26 heavy (non-hydrogen) atoms. The molecule has 0 aliphatic heterocycles. The predicted molar refractivity (Wildman–Crippen MR) is 105 cm³/mol. The second-order valence-electron chi connectivity index (χ2n) is 6.09. The minimum absolute atomic E-state index is 0.218. The van der Waals surface area contributed by atoms with Gasteiger partial charge >= 0.3 is 0 Å². The van der Waals surface area contributed by atoms with Crippen molar-refractivity contribution >= 4 is 38.0 Å². The van der Waals surface area contributed by atoms with E-state index in [0.717, 1.165) is 32.0 Å². The first kappa shape index (κ1) is 18.6. The Hall–Kier alpha value is -2.22. The van der Waals surface area contributed by atoms with Crippen molar-refractivity contribution in [2.45, 2.75) is 17.2 Å². The zero-order valence-corrected chi connectivity index (χ0v) is 16.2. The molecule has 0 fully saturated rings. The van der Waals surface area contributed by atoms with E-state index < -0.39 is 10.0 Å². The Morgan fingerprint density at radius 3 is 2.54 bits per heavy atom. The van der Waals surface area contributed by atoms with Crippen molar-refractivity contribution in [3.63, 3.8) is 0 Å². The van der Waals surface area contributed by atoms with Gasteiger partial charge in [0.25, 0.3) is 10.0 Å². The molecule has 0 spiro atoms. The lowest BCUT2D eigenvalue weighted by Crippen LogP contribution is -2.39. The van der Waals surface area contributed by atoms with Crippen LogP contribution in [0.25, 0.3) is 10.8 Å². The molecule has 3 aromatic rings. The number of nitrogens with zero attached hydrogens (tertiary/aromatic N) is 1. The lowest BCUT2D eigenvalue weighted by Gasteiger charge is -2.19. The summed E-state index contributed by atoms with van der Waals surface area (Å²) in [6.45, 7) is 1.66. The van der Waals surface area contributed by atoms with Gasteiger partial charge in [0.2, 0.25) is 5.91 Å². The van der Waals surface area contributed by atoms with Gasteiger partial charge in [0.15, 0.2) is 0 Å². The van der Waals surface area contributed by atoms with Crippen LogP contribution in [-0.2, 0) is 14.8 Å². The molecule has 3 rings (SSSR count). The summed E-state index contributed by atoms with van der Waals surface area (Å²) in [4.78, 5) is 12.3. The fourth-order valence-electron chi connectivity index (χ4n) is 2.70. The summed E-state index contributed by atoms with van der Waals surface area (Å²) in [6.07, 6.45) is 0. The number of carbonyl (C=O) groups excluding carboxylic acids is 1. The number of hydrogen-bond acceptors (Lipinski definition) is 4. The van der Waals surface area contributed by atoms with Gasteiger partial charge in [-0.2, -0.15) is 4.31 Å². The highest BCUT2D eigenvalue weighted by Gasteiger charge is 2.24. The second kappa shape index (κ2) is 7.57. The lowest BCUT2D eigenvalue weighted by molar-refractivity contribution is -0.121. The summed E-state index contributed by atoms with van der Waals surface area (Å²) in [7, 11) is -2.22. The van der Waals surface area contributed by atoms with Crippen molar-refractivity contribution in [2.24, 2.45) is 0 Å². The van der Waals surface area contributed by atoms with Crippen LogP contribution >= 0.6 is 11.3 Å². The first-order chi connectivity index (χ1) is 12.4. The van der Waals surface area contributed by atoms with Crippen LogP contribution < -0.4 is 5.32 Å². The number of nitrogens with one attached hydrogen (secondary N) is 1. The van der Waals surface area contributed by atoms with Crippen LogP contribution in [0.3, 0.4) is 0 Å². The Morgan fingerprint density at radius 2 is 1.85 bits per heavy atom. The maximum Gasteiger partial charge on any atom is 0.252 e. The smallest absolute Gasteiger partial charge is 0.252 e. The molecule has 7 heteroatoms. The lowest BCUT2D eigenvalue weighted by atomic mass is 10.0. The molecule has 0 aliphatic rings. The van der Waals surface area contributed by atoms with E-state index in [1.54, 1.807) is 11.4 Å². The van der Waals surface area contributed by atoms with Crippen molar-refractivity contribution < 1.29 is 13.2 Å². The van der Waals surface area contributed by atoms with Crippen LogP contribution in [0.2, 0.25) is 0 Å². The Bertz CT molecular complexity index is 1010. The van der Waals surface area contributed by atoms with Crippen molar-refractivity contribution in [1.29, 1.82) is 0 Å². The molecule has 0 aliphatic carbocycles. The first-order valence-corrected chi connectivity index (χ1v) is 10.5. The van der Waals surface area contributed by atoms with Gasteiger partial charge in [-0.3, -0.25) is 4.79 Å². The van der Waals surface area contributed by atoms with Gasteiger partial charge in [0.1, 0.15) is 4.21 Å². The Morgan fingerprint density at radius 1 is 1.12 bits per heavy atom. The number of benzene rings is 2. The van der Waals surface area contributed by atoms with E-state index in [9.17, 15) is 13.2 Å². The van der Waals surface area contributed by atoms with Crippen LogP contribution in [0.4, 0.5) is 0 Å². The zero-order valence-electron chi connectivity index (χ0n) is 14.5. The van der Waals surface area contributed by atoms with Gasteiger partial charge in [0.05, 0.1) is 12.6 Å². The molecule has 0 bridgehead atoms. The molecule has 5 nitrogen and oxygen atoms in total. The fraction of sp³-hybridized carbons (Fsp3) is 0.211. The molecule has 1 N–H and O–H groups in total. The number of fused-ring (bicyclic) bond motifs is 1. The van der Waals surface area contributed by atoms with Gasteiger partial charge < -0.3 is 5.32 Å². The molecule has 0 radical (unpaired) electrons. The average Bonchev–Trinajstić information content (AvgIpc) is 3.16. The minimum atomic E-state index is -3.63. The van der Waals surface area contributed by atoms with E-state index in [2.05, 4.69) is 5.32 Å². The van der Waals surface area contributed by atoms with Gasteiger partial charge in [0, 0.05) is 7.05 Å². The predicted octanol–water partition coefficient (Wildman–Crippen LogP) is 3.40. The highest BCUT2D eigenvalue weighted by molar-refractivity contribution is 7.91. The third-order valence-electron chi connectivity index (χ3n) is 4.18. The van der Waals surface area contributed by atoms with E-state index in [0.29, 0.717) is 0 Å². The summed E-state index contributed by atoms with van der Waals surface area (Å²) in [5.74, 6) is -0.340. The summed E-state index contributed by atoms with van der Waals surface area (Å²) >= 11 is 1.14. The van der Waals surface area contributed by atoms with Crippen molar-refractivity contribution in [1.82, 2.24) is 9.62 Å². The highest BCUT2D eigenvalue weighted by atomic mass is 32.2. The summed E-state index contributed by atoms with van der Waals surface area (Å²) < 4.78 is 26.1. The highest BCUT2D eigenvalue weighted by Crippen LogP contribution is 2.21. The van der Waals surface area contributed by atoms with Crippen LogP contribution in [-0.4, -0.2) is 32.2 Å². The van der Waals surface area contributed by atoms with E-state index in [1.807, 2.05) is 49.4 Å². The van der Waals surface area contributed by atoms with Gasteiger partial charge in [-0.25, -0.2) is 8.42 Å². The van der Waals surface area contributed by atoms with Crippen LogP contribution in [0.5, 0.6) is 0 Å². The topological polar surface area (TPSA) is 66.5 Å². The Balaban J connectivity index is 1.67. The molecule has 1 amide bonds. The van der Waals surface area contributed by atoms with Crippen LogP contribution in [0, 0.1) is 0 Å². The number of amides is 1. The fourth-order valence-corrected chi connectivity index (χ4v) is 5.03. The van der Waals surface area contributed by atoms with E-state index in [4.69, 9.17) is 0 Å². The molecule has 1 heterocycles. The van der Waals surface area contributed by atoms with E-state index >= 15 is 0 Å². The standard InChI is InChI=1S/C19H20N2O3S2/c1-14(16-10-9-15-6-3-4-7-17(15)12-16)20-18(22)13-21(2)26(23,24)19-8-5-11-25-19/h3-12,14H,13H2,1-2H3,(H,20,22)/t14-/m0/s1.